The van der Waals surface area contributed by atoms with E-state index in [9.17, 15) is 9.59 Å². The molecule has 0 saturated heterocycles. The van der Waals surface area contributed by atoms with E-state index in [1.54, 1.807) is 0 Å². The lowest BCUT2D eigenvalue weighted by atomic mass is 9.88. The Bertz CT molecular complexity index is 872. The van der Waals surface area contributed by atoms with E-state index in [4.69, 9.17) is 4.74 Å². The number of hydrogen-bond acceptors (Lipinski definition) is 5. The first kappa shape index (κ1) is 20.1. The molecule has 5 nitrogen and oxygen atoms in total. The van der Waals surface area contributed by atoms with Crippen LogP contribution < -0.4 is 5.32 Å². The van der Waals surface area contributed by atoms with E-state index in [1.807, 2.05) is 6.07 Å². The predicted octanol–water partition coefficient (Wildman–Crippen LogP) is 4.61. The third kappa shape index (κ3) is 4.54. The minimum Gasteiger partial charge on any atom is -0.465 e. The molecule has 1 aromatic carbocycles. The SMILES string of the molecule is COC(=O)c1c(NC(=O)C2CCCCC2)sc2c1CCN(Cc1ccccc1)C2. The van der Waals surface area contributed by atoms with E-state index in [0.717, 1.165) is 62.2 Å². The minimum atomic E-state index is -0.349. The van der Waals surface area contributed by atoms with Crippen molar-refractivity contribution >= 4 is 28.2 Å². The molecule has 6 heteroatoms. The summed E-state index contributed by atoms with van der Waals surface area (Å²) in [5.74, 6) is -0.240. The van der Waals surface area contributed by atoms with Crippen molar-refractivity contribution in [3.05, 3.63) is 51.9 Å². The summed E-state index contributed by atoms with van der Waals surface area (Å²) in [5, 5.41) is 3.74. The third-order valence-corrected chi connectivity index (χ3v) is 7.12. The molecule has 1 aromatic heterocycles. The first-order valence-electron chi connectivity index (χ1n) is 10.5. The number of nitrogens with one attached hydrogen (secondary N) is 1. The average molecular weight is 413 g/mol. The van der Waals surface area contributed by atoms with Crippen molar-refractivity contribution in [1.82, 2.24) is 4.90 Å². The highest BCUT2D eigenvalue weighted by Crippen LogP contribution is 2.38. The third-order valence-electron chi connectivity index (χ3n) is 5.99. The Kier molecular flexibility index (Phi) is 6.31. The Morgan fingerprint density at radius 1 is 1.17 bits per heavy atom. The van der Waals surface area contributed by atoms with Gasteiger partial charge in [-0.3, -0.25) is 9.69 Å². The van der Waals surface area contributed by atoms with Gasteiger partial charge in [0.25, 0.3) is 0 Å². The molecule has 29 heavy (non-hydrogen) atoms. The number of hydrogen-bond donors (Lipinski definition) is 1. The zero-order valence-electron chi connectivity index (χ0n) is 16.9. The number of fused-ring (bicyclic) bond motifs is 1. The van der Waals surface area contributed by atoms with Gasteiger partial charge in [0.2, 0.25) is 5.91 Å². The maximum Gasteiger partial charge on any atom is 0.341 e. The van der Waals surface area contributed by atoms with Crippen molar-refractivity contribution in [2.24, 2.45) is 5.92 Å². The van der Waals surface area contributed by atoms with Crippen LogP contribution in [0.1, 0.15) is 58.5 Å². The second-order valence-electron chi connectivity index (χ2n) is 7.97. The standard InChI is InChI=1S/C23H28N2O3S/c1-28-23(27)20-18-12-13-25(14-16-8-4-2-5-9-16)15-19(18)29-22(20)24-21(26)17-10-6-3-7-11-17/h2,4-5,8-9,17H,3,6-7,10-15H2,1H3,(H,24,26). The summed E-state index contributed by atoms with van der Waals surface area (Å²) in [4.78, 5) is 28.8. The molecule has 1 aliphatic carbocycles. The monoisotopic (exact) mass is 412 g/mol. The number of esters is 1. The first-order valence-corrected chi connectivity index (χ1v) is 11.3. The van der Waals surface area contributed by atoms with Gasteiger partial charge in [-0.1, -0.05) is 49.6 Å². The van der Waals surface area contributed by atoms with Crippen molar-refractivity contribution in [3.63, 3.8) is 0 Å². The molecular formula is C23H28N2O3S. The van der Waals surface area contributed by atoms with Crippen LogP contribution in [0, 0.1) is 5.92 Å². The Hall–Kier alpha value is -2.18. The number of amides is 1. The van der Waals surface area contributed by atoms with E-state index in [0.29, 0.717) is 10.6 Å². The van der Waals surface area contributed by atoms with Crippen molar-refractivity contribution in [1.29, 1.82) is 0 Å². The lowest BCUT2D eigenvalue weighted by molar-refractivity contribution is -0.120. The maximum atomic E-state index is 12.8. The van der Waals surface area contributed by atoms with Gasteiger partial charge in [-0.15, -0.1) is 11.3 Å². The molecule has 2 aliphatic rings. The van der Waals surface area contributed by atoms with Crippen LogP contribution in [0.25, 0.3) is 0 Å². The lowest BCUT2D eigenvalue weighted by Gasteiger charge is -2.27. The summed E-state index contributed by atoms with van der Waals surface area (Å²) in [5.41, 5.74) is 2.90. The van der Waals surface area contributed by atoms with Crippen LogP contribution in [0.5, 0.6) is 0 Å². The van der Waals surface area contributed by atoms with E-state index >= 15 is 0 Å². The fourth-order valence-corrected chi connectivity index (χ4v) is 5.70. The fourth-order valence-electron chi connectivity index (χ4n) is 4.42. The summed E-state index contributed by atoms with van der Waals surface area (Å²) >= 11 is 1.54. The van der Waals surface area contributed by atoms with E-state index in [1.165, 1.54) is 30.4 Å². The second kappa shape index (κ2) is 9.09. The van der Waals surface area contributed by atoms with Crippen LogP contribution in [0.3, 0.4) is 0 Å². The highest BCUT2D eigenvalue weighted by Gasteiger charge is 2.30. The molecule has 1 fully saturated rings. The molecule has 1 aliphatic heterocycles. The molecule has 2 heterocycles. The molecule has 0 atom stereocenters. The zero-order chi connectivity index (χ0) is 20.2. The maximum absolute atomic E-state index is 12.8. The second-order valence-corrected chi connectivity index (χ2v) is 9.08. The highest BCUT2D eigenvalue weighted by molar-refractivity contribution is 7.17. The smallest absolute Gasteiger partial charge is 0.341 e. The van der Waals surface area contributed by atoms with Crippen molar-refractivity contribution in [2.45, 2.75) is 51.6 Å². The topological polar surface area (TPSA) is 58.6 Å². The van der Waals surface area contributed by atoms with Crippen LogP contribution in [0.2, 0.25) is 0 Å². The Balaban J connectivity index is 1.53. The van der Waals surface area contributed by atoms with E-state index in [2.05, 4.69) is 34.5 Å². The van der Waals surface area contributed by atoms with Gasteiger partial charge in [-0.25, -0.2) is 4.79 Å². The number of rotatable bonds is 5. The largest absolute Gasteiger partial charge is 0.465 e. The Morgan fingerprint density at radius 3 is 2.66 bits per heavy atom. The molecule has 2 aromatic rings. The number of thiophene rings is 1. The quantitative estimate of drug-likeness (QED) is 0.729. The summed E-state index contributed by atoms with van der Waals surface area (Å²) < 4.78 is 5.05. The van der Waals surface area contributed by atoms with E-state index in [-0.39, 0.29) is 17.8 Å². The molecule has 1 saturated carbocycles. The minimum absolute atomic E-state index is 0.0505. The molecular weight excluding hydrogens is 384 g/mol. The van der Waals surface area contributed by atoms with Crippen LogP contribution >= 0.6 is 11.3 Å². The normalized spacial score (nSPS) is 17.6. The molecule has 1 amide bonds. The number of nitrogens with zero attached hydrogens (tertiary/aromatic N) is 1. The molecule has 4 rings (SSSR count). The van der Waals surface area contributed by atoms with Gasteiger partial charge in [0.1, 0.15) is 5.00 Å². The van der Waals surface area contributed by atoms with Gasteiger partial charge in [0.05, 0.1) is 12.7 Å². The molecule has 0 spiro atoms. The van der Waals surface area contributed by atoms with Gasteiger partial charge >= 0.3 is 5.97 Å². The summed E-state index contributed by atoms with van der Waals surface area (Å²) in [6.45, 7) is 2.56. The Labute approximate surface area is 176 Å². The van der Waals surface area contributed by atoms with Gasteiger partial charge < -0.3 is 10.1 Å². The van der Waals surface area contributed by atoms with Gasteiger partial charge in [-0.05, 0) is 30.4 Å². The number of anilines is 1. The number of carbonyl (C=O) groups is 2. The summed E-state index contributed by atoms with van der Waals surface area (Å²) in [7, 11) is 1.41. The van der Waals surface area contributed by atoms with Crippen LogP contribution in [0.4, 0.5) is 5.00 Å². The van der Waals surface area contributed by atoms with Crippen molar-refractivity contribution < 1.29 is 14.3 Å². The molecule has 1 N–H and O–H groups in total. The van der Waals surface area contributed by atoms with Crippen LogP contribution in [-0.2, 0) is 29.0 Å². The first-order chi connectivity index (χ1) is 14.2. The molecule has 0 bridgehead atoms. The van der Waals surface area contributed by atoms with Crippen LogP contribution in [-0.4, -0.2) is 30.4 Å². The highest BCUT2D eigenvalue weighted by atomic mass is 32.1. The number of methoxy groups -OCH3 is 1. The fraction of sp³-hybridized carbons (Fsp3) is 0.478. The molecule has 154 valence electrons. The van der Waals surface area contributed by atoms with Crippen molar-refractivity contribution in [3.8, 4) is 0 Å². The zero-order valence-corrected chi connectivity index (χ0v) is 17.7. The molecule has 0 radical (unpaired) electrons. The van der Waals surface area contributed by atoms with E-state index < -0.39 is 0 Å². The predicted molar refractivity (Wildman–Crippen MR) is 115 cm³/mol. The average Bonchev–Trinajstić information content (AvgIpc) is 3.11. The van der Waals surface area contributed by atoms with Crippen LogP contribution in [0.15, 0.2) is 30.3 Å². The Morgan fingerprint density at radius 2 is 1.93 bits per heavy atom. The summed E-state index contributed by atoms with van der Waals surface area (Å²) in [6.07, 6.45) is 6.10. The van der Waals surface area contributed by atoms with Gasteiger partial charge in [0, 0.05) is 30.4 Å². The van der Waals surface area contributed by atoms with Crippen molar-refractivity contribution in [2.75, 3.05) is 19.0 Å². The van der Waals surface area contributed by atoms with Gasteiger partial charge in [-0.2, -0.15) is 0 Å². The molecule has 0 unspecified atom stereocenters. The number of ether oxygens (including phenoxy) is 1. The number of carbonyl (C=O) groups excluding carboxylic acids is 2. The lowest BCUT2D eigenvalue weighted by Crippen LogP contribution is -2.30. The van der Waals surface area contributed by atoms with Gasteiger partial charge in [0.15, 0.2) is 0 Å². The number of benzene rings is 1. The summed E-state index contributed by atoms with van der Waals surface area (Å²) in [6, 6.07) is 10.4.